The number of pyridine rings is 1. The first-order valence-electron chi connectivity index (χ1n) is 9.24. The molecule has 1 fully saturated rings. The van der Waals surface area contributed by atoms with E-state index in [9.17, 15) is 4.79 Å². The average Bonchev–Trinajstić information content (AvgIpc) is 3.20. The maximum Gasteiger partial charge on any atom is 0.276 e. The summed E-state index contributed by atoms with van der Waals surface area (Å²) in [7, 11) is 0. The molecule has 2 aromatic heterocycles. The zero-order chi connectivity index (χ0) is 19.3. The molecule has 0 unspecified atom stereocenters. The highest BCUT2D eigenvalue weighted by molar-refractivity contribution is 7.99. The number of ether oxygens (including phenoxy) is 1. The van der Waals surface area contributed by atoms with Crippen LogP contribution in [0.1, 0.15) is 17.4 Å². The van der Waals surface area contributed by atoms with Crippen LogP contribution >= 0.6 is 11.8 Å². The summed E-state index contributed by atoms with van der Waals surface area (Å²) in [5.74, 6) is 2.59. The van der Waals surface area contributed by atoms with Crippen LogP contribution in [0.15, 0.2) is 48.8 Å². The number of rotatable bonds is 5. The van der Waals surface area contributed by atoms with Gasteiger partial charge in [0, 0.05) is 42.6 Å². The molecular weight excluding hydrogens is 374 g/mol. The number of thioether (sulfide) groups is 1. The molecule has 0 bridgehead atoms. The maximum atomic E-state index is 13.1. The first-order valence-corrected chi connectivity index (χ1v) is 10.4. The minimum absolute atomic E-state index is 0.0867. The van der Waals surface area contributed by atoms with Crippen LogP contribution in [0.3, 0.4) is 0 Å². The van der Waals surface area contributed by atoms with Gasteiger partial charge in [-0.1, -0.05) is 5.21 Å². The van der Waals surface area contributed by atoms with Gasteiger partial charge in [0.25, 0.3) is 5.91 Å². The van der Waals surface area contributed by atoms with E-state index in [1.807, 2.05) is 60.0 Å². The summed E-state index contributed by atoms with van der Waals surface area (Å²) < 4.78 is 7.21. The number of aromatic nitrogens is 4. The molecule has 28 heavy (non-hydrogen) atoms. The van der Waals surface area contributed by atoms with Crippen molar-refractivity contribution in [3.63, 3.8) is 0 Å². The van der Waals surface area contributed by atoms with Crippen LogP contribution in [0.5, 0.6) is 5.75 Å². The lowest BCUT2D eigenvalue weighted by atomic mass is 10.1. The van der Waals surface area contributed by atoms with Crippen molar-refractivity contribution in [1.29, 1.82) is 0 Å². The molecule has 3 aromatic rings. The summed E-state index contributed by atoms with van der Waals surface area (Å²) in [4.78, 5) is 19.2. The lowest BCUT2D eigenvalue weighted by molar-refractivity contribution is 0.0767. The van der Waals surface area contributed by atoms with Gasteiger partial charge in [-0.3, -0.25) is 9.78 Å². The third-order valence-corrected chi connectivity index (χ3v) is 5.44. The Morgan fingerprint density at radius 1 is 1.18 bits per heavy atom. The van der Waals surface area contributed by atoms with Crippen molar-refractivity contribution in [1.82, 2.24) is 24.9 Å². The van der Waals surface area contributed by atoms with E-state index in [0.29, 0.717) is 18.0 Å². The summed E-state index contributed by atoms with van der Waals surface area (Å²) >= 11 is 1.86. The topological polar surface area (TPSA) is 73.1 Å². The van der Waals surface area contributed by atoms with E-state index in [2.05, 4.69) is 15.3 Å². The molecule has 0 saturated carbocycles. The maximum absolute atomic E-state index is 13.1. The first kappa shape index (κ1) is 18.5. The van der Waals surface area contributed by atoms with E-state index in [1.165, 1.54) is 0 Å². The van der Waals surface area contributed by atoms with Crippen molar-refractivity contribution in [2.75, 3.05) is 31.2 Å². The predicted molar refractivity (Wildman–Crippen MR) is 109 cm³/mol. The molecule has 0 atom stereocenters. The van der Waals surface area contributed by atoms with Crippen molar-refractivity contribution in [2.45, 2.75) is 6.92 Å². The molecular formula is C20H21N5O2S. The summed E-state index contributed by atoms with van der Waals surface area (Å²) in [6.07, 6.45) is 3.43. The second kappa shape index (κ2) is 8.43. The van der Waals surface area contributed by atoms with E-state index < -0.39 is 0 Å². The van der Waals surface area contributed by atoms with Crippen LogP contribution in [0.25, 0.3) is 16.9 Å². The SMILES string of the molecule is CCOc1ccc(-n2nnc(C(=O)N3CCSCC3)c2-c2cccnc2)cc1. The fourth-order valence-electron chi connectivity index (χ4n) is 3.13. The van der Waals surface area contributed by atoms with Gasteiger partial charge < -0.3 is 9.64 Å². The van der Waals surface area contributed by atoms with Crippen LogP contribution in [0.4, 0.5) is 0 Å². The Labute approximate surface area is 167 Å². The van der Waals surface area contributed by atoms with E-state index in [0.717, 1.165) is 41.6 Å². The van der Waals surface area contributed by atoms with Crippen LogP contribution in [0, 0.1) is 0 Å². The van der Waals surface area contributed by atoms with Gasteiger partial charge >= 0.3 is 0 Å². The Hall–Kier alpha value is -2.87. The van der Waals surface area contributed by atoms with Gasteiger partial charge in [0.15, 0.2) is 5.69 Å². The second-order valence-electron chi connectivity index (χ2n) is 6.27. The van der Waals surface area contributed by atoms with Gasteiger partial charge in [-0.05, 0) is 43.3 Å². The molecule has 144 valence electrons. The van der Waals surface area contributed by atoms with Crippen LogP contribution < -0.4 is 4.74 Å². The van der Waals surface area contributed by atoms with E-state index in [-0.39, 0.29) is 5.91 Å². The van der Waals surface area contributed by atoms with Gasteiger partial charge in [-0.15, -0.1) is 5.10 Å². The summed E-state index contributed by atoms with van der Waals surface area (Å²) in [6, 6.07) is 11.3. The third kappa shape index (κ3) is 3.73. The highest BCUT2D eigenvalue weighted by Crippen LogP contribution is 2.27. The first-order chi connectivity index (χ1) is 13.8. The highest BCUT2D eigenvalue weighted by Gasteiger charge is 2.27. The van der Waals surface area contributed by atoms with Gasteiger partial charge in [-0.2, -0.15) is 11.8 Å². The molecule has 7 nitrogen and oxygen atoms in total. The molecule has 1 aromatic carbocycles. The molecule has 8 heteroatoms. The Morgan fingerprint density at radius 2 is 1.96 bits per heavy atom. The molecule has 0 spiro atoms. The van der Waals surface area contributed by atoms with E-state index in [1.54, 1.807) is 17.1 Å². The Bertz CT molecular complexity index is 937. The number of hydrogen-bond donors (Lipinski definition) is 0. The Morgan fingerprint density at radius 3 is 2.64 bits per heavy atom. The van der Waals surface area contributed by atoms with Gasteiger partial charge in [0.1, 0.15) is 11.4 Å². The monoisotopic (exact) mass is 395 g/mol. The molecule has 1 saturated heterocycles. The van der Waals surface area contributed by atoms with Gasteiger partial charge in [0.05, 0.1) is 12.3 Å². The number of amides is 1. The van der Waals surface area contributed by atoms with Crippen molar-refractivity contribution in [3.05, 3.63) is 54.5 Å². The fraction of sp³-hybridized carbons (Fsp3) is 0.300. The van der Waals surface area contributed by atoms with E-state index >= 15 is 0 Å². The molecule has 3 heterocycles. The lowest BCUT2D eigenvalue weighted by Crippen LogP contribution is -2.38. The molecule has 0 N–H and O–H groups in total. The Kier molecular flexibility index (Phi) is 5.57. The predicted octanol–water partition coefficient (Wildman–Crippen LogP) is 2.92. The molecule has 0 aliphatic carbocycles. The normalized spacial score (nSPS) is 14.1. The van der Waals surface area contributed by atoms with Gasteiger partial charge in [-0.25, -0.2) is 4.68 Å². The van der Waals surface area contributed by atoms with Crippen LogP contribution in [-0.4, -0.2) is 62.0 Å². The summed E-state index contributed by atoms with van der Waals surface area (Å²) in [6.45, 7) is 4.01. The number of carbonyl (C=O) groups excluding carboxylic acids is 1. The standard InChI is InChI=1S/C20H21N5O2S/c1-2-27-17-7-5-16(6-8-17)25-19(15-4-3-9-21-14-15)18(22-23-25)20(26)24-10-12-28-13-11-24/h3-9,14H,2,10-13H2,1H3. The number of hydrogen-bond acceptors (Lipinski definition) is 6. The van der Waals surface area contributed by atoms with Crippen molar-refractivity contribution in [2.24, 2.45) is 0 Å². The third-order valence-electron chi connectivity index (χ3n) is 4.50. The van der Waals surface area contributed by atoms with Crippen LogP contribution in [0.2, 0.25) is 0 Å². The summed E-state index contributed by atoms with van der Waals surface area (Å²) in [5.41, 5.74) is 2.62. The second-order valence-corrected chi connectivity index (χ2v) is 7.50. The van der Waals surface area contributed by atoms with E-state index in [4.69, 9.17) is 4.74 Å². The zero-order valence-electron chi connectivity index (χ0n) is 15.6. The molecule has 1 amide bonds. The minimum Gasteiger partial charge on any atom is -0.494 e. The lowest BCUT2D eigenvalue weighted by Gasteiger charge is -2.25. The molecule has 1 aliphatic rings. The van der Waals surface area contributed by atoms with Crippen molar-refractivity contribution >= 4 is 17.7 Å². The number of carbonyl (C=O) groups is 1. The van der Waals surface area contributed by atoms with Gasteiger partial charge in [0.2, 0.25) is 0 Å². The fourth-order valence-corrected chi connectivity index (χ4v) is 4.04. The smallest absolute Gasteiger partial charge is 0.276 e. The number of benzene rings is 1. The number of nitrogens with zero attached hydrogens (tertiary/aromatic N) is 5. The highest BCUT2D eigenvalue weighted by atomic mass is 32.2. The quantitative estimate of drug-likeness (QED) is 0.661. The largest absolute Gasteiger partial charge is 0.494 e. The molecule has 4 rings (SSSR count). The van der Waals surface area contributed by atoms with Crippen molar-refractivity contribution < 1.29 is 9.53 Å². The zero-order valence-corrected chi connectivity index (χ0v) is 16.4. The minimum atomic E-state index is -0.0867. The van der Waals surface area contributed by atoms with Crippen molar-refractivity contribution in [3.8, 4) is 22.7 Å². The molecule has 0 radical (unpaired) electrons. The molecule has 1 aliphatic heterocycles. The Balaban J connectivity index is 1.76. The average molecular weight is 395 g/mol. The summed E-state index contributed by atoms with van der Waals surface area (Å²) in [5, 5.41) is 8.56. The van der Waals surface area contributed by atoms with Crippen LogP contribution in [-0.2, 0) is 0 Å².